The second-order valence-corrected chi connectivity index (χ2v) is 6.96. The Kier molecular flexibility index (Phi) is 7.92. The van der Waals surface area contributed by atoms with E-state index in [1.165, 1.54) is 6.21 Å². The Morgan fingerprint density at radius 2 is 1.72 bits per heavy atom. The molecule has 6 nitrogen and oxygen atoms in total. The van der Waals surface area contributed by atoms with Crippen LogP contribution in [0.25, 0.3) is 0 Å². The number of hydrogen-bond acceptors (Lipinski definition) is 5. The fourth-order valence-electron chi connectivity index (χ4n) is 2.91. The number of esters is 1. The van der Waals surface area contributed by atoms with Crippen LogP contribution in [0.3, 0.4) is 0 Å². The van der Waals surface area contributed by atoms with E-state index in [2.05, 4.69) is 17.1 Å². The summed E-state index contributed by atoms with van der Waals surface area (Å²) in [4.78, 5) is 24.3. The van der Waals surface area contributed by atoms with Gasteiger partial charge >= 0.3 is 5.97 Å². The van der Waals surface area contributed by atoms with Gasteiger partial charge in [-0.3, -0.25) is 4.79 Å². The van der Waals surface area contributed by atoms with Crippen molar-refractivity contribution >= 4 is 18.1 Å². The zero-order valence-electron chi connectivity index (χ0n) is 17.8. The van der Waals surface area contributed by atoms with Crippen molar-refractivity contribution < 1.29 is 19.1 Å². The summed E-state index contributed by atoms with van der Waals surface area (Å²) in [6.45, 7) is 5.42. The van der Waals surface area contributed by atoms with E-state index in [9.17, 15) is 9.59 Å². The Morgan fingerprint density at radius 1 is 1.00 bits per heavy atom. The van der Waals surface area contributed by atoms with Crippen LogP contribution in [0.5, 0.6) is 11.5 Å². The van der Waals surface area contributed by atoms with Crippen molar-refractivity contribution in [1.29, 1.82) is 0 Å². The molecule has 0 aliphatic carbocycles. The lowest BCUT2D eigenvalue weighted by Gasteiger charge is -2.09. The van der Waals surface area contributed by atoms with Crippen molar-refractivity contribution in [2.24, 2.45) is 5.10 Å². The van der Waals surface area contributed by atoms with Gasteiger partial charge in [0.25, 0.3) is 5.91 Å². The van der Waals surface area contributed by atoms with E-state index in [0.29, 0.717) is 23.5 Å². The van der Waals surface area contributed by atoms with Crippen molar-refractivity contribution in [3.63, 3.8) is 0 Å². The van der Waals surface area contributed by atoms with Crippen molar-refractivity contribution in [2.45, 2.75) is 13.3 Å². The lowest BCUT2D eigenvalue weighted by molar-refractivity contribution is -0.123. The summed E-state index contributed by atoms with van der Waals surface area (Å²) in [6, 6.07) is 21.5. The van der Waals surface area contributed by atoms with E-state index in [1.807, 2.05) is 43.3 Å². The monoisotopic (exact) mass is 428 g/mol. The first-order chi connectivity index (χ1) is 15.6. The first-order valence-corrected chi connectivity index (χ1v) is 10.1. The average molecular weight is 428 g/mol. The molecule has 3 aromatic carbocycles. The Morgan fingerprint density at radius 3 is 2.47 bits per heavy atom. The molecule has 0 heterocycles. The third kappa shape index (κ3) is 6.40. The summed E-state index contributed by atoms with van der Waals surface area (Å²) in [5, 5.41) is 3.93. The number of para-hydroxylation sites is 1. The molecular weight excluding hydrogens is 404 g/mol. The number of carbonyl (C=O) groups is 2. The SMILES string of the molecule is C=CCc1ccccc1OCC(=O)NN=Cc1ccc(OC(=O)c2ccccc2C)cc1. The molecule has 0 saturated carbocycles. The Hall–Kier alpha value is -4.19. The number of aryl methyl sites for hydroxylation is 1. The highest BCUT2D eigenvalue weighted by atomic mass is 16.5. The Bertz CT molecular complexity index is 1120. The third-order valence-electron chi connectivity index (χ3n) is 4.55. The highest BCUT2D eigenvalue weighted by Crippen LogP contribution is 2.18. The maximum atomic E-state index is 12.3. The van der Waals surface area contributed by atoms with Crippen molar-refractivity contribution in [3.05, 3.63) is 108 Å². The number of hydrogen-bond donors (Lipinski definition) is 1. The molecule has 3 aromatic rings. The minimum atomic E-state index is -0.411. The van der Waals surface area contributed by atoms with Crippen LogP contribution in [0.4, 0.5) is 0 Å². The first-order valence-electron chi connectivity index (χ1n) is 10.1. The number of hydrazone groups is 1. The van der Waals surface area contributed by atoms with Gasteiger partial charge in [-0.05, 0) is 66.4 Å². The molecule has 0 unspecified atom stereocenters. The van der Waals surface area contributed by atoms with E-state index >= 15 is 0 Å². The highest BCUT2D eigenvalue weighted by molar-refractivity contribution is 5.92. The van der Waals surface area contributed by atoms with Crippen LogP contribution in [0.15, 0.2) is 90.6 Å². The minimum Gasteiger partial charge on any atom is -0.483 e. The molecule has 6 heteroatoms. The van der Waals surface area contributed by atoms with Crippen molar-refractivity contribution in [2.75, 3.05) is 6.61 Å². The Balaban J connectivity index is 1.48. The smallest absolute Gasteiger partial charge is 0.343 e. The highest BCUT2D eigenvalue weighted by Gasteiger charge is 2.10. The number of allylic oxidation sites excluding steroid dienone is 1. The molecule has 0 aliphatic heterocycles. The molecule has 1 amide bonds. The predicted octanol–water partition coefficient (Wildman–Crippen LogP) is 4.47. The summed E-state index contributed by atoms with van der Waals surface area (Å²) in [6.07, 6.45) is 3.93. The van der Waals surface area contributed by atoms with Crippen LogP contribution in [-0.2, 0) is 11.2 Å². The average Bonchev–Trinajstić information content (AvgIpc) is 2.80. The standard InChI is InChI=1S/C26H24N2O4/c1-3-8-21-10-5-7-12-24(21)31-18-25(29)28-27-17-20-13-15-22(16-14-20)32-26(30)23-11-6-4-9-19(23)2/h3-7,9-17H,1,8,18H2,2H3,(H,28,29). The van der Waals surface area contributed by atoms with Crippen LogP contribution in [0.2, 0.25) is 0 Å². The van der Waals surface area contributed by atoms with Gasteiger partial charge in [0.15, 0.2) is 6.61 Å². The first kappa shape index (κ1) is 22.5. The number of carbonyl (C=O) groups excluding carboxylic acids is 2. The van der Waals surface area contributed by atoms with Crippen LogP contribution in [0, 0.1) is 6.92 Å². The summed E-state index contributed by atoms with van der Waals surface area (Å²) in [5.74, 6) is 0.276. The van der Waals surface area contributed by atoms with E-state index < -0.39 is 5.97 Å². The van der Waals surface area contributed by atoms with E-state index in [0.717, 1.165) is 16.7 Å². The number of benzene rings is 3. The molecular formula is C26H24N2O4. The zero-order chi connectivity index (χ0) is 22.8. The van der Waals surface area contributed by atoms with Crippen LogP contribution >= 0.6 is 0 Å². The predicted molar refractivity (Wildman–Crippen MR) is 124 cm³/mol. The quantitative estimate of drug-likeness (QED) is 0.179. The second kappa shape index (κ2) is 11.3. The number of ether oxygens (including phenoxy) is 2. The van der Waals surface area contributed by atoms with Gasteiger partial charge < -0.3 is 9.47 Å². The maximum absolute atomic E-state index is 12.3. The number of rotatable bonds is 9. The van der Waals surface area contributed by atoms with Crippen LogP contribution in [0.1, 0.15) is 27.0 Å². The van der Waals surface area contributed by atoms with Gasteiger partial charge in [0.05, 0.1) is 11.8 Å². The molecule has 0 atom stereocenters. The molecule has 0 aromatic heterocycles. The van der Waals surface area contributed by atoms with E-state index in [4.69, 9.17) is 9.47 Å². The summed E-state index contributed by atoms with van der Waals surface area (Å²) in [7, 11) is 0. The van der Waals surface area contributed by atoms with E-state index in [-0.39, 0.29) is 12.5 Å². The third-order valence-corrected chi connectivity index (χ3v) is 4.55. The fraction of sp³-hybridized carbons (Fsp3) is 0.115. The lowest BCUT2D eigenvalue weighted by Crippen LogP contribution is -2.24. The van der Waals surface area contributed by atoms with Gasteiger partial charge in [-0.25, -0.2) is 10.2 Å². The largest absolute Gasteiger partial charge is 0.483 e. The minimum absolute atomic E-state index is 0.153. The summed E-state index contributed by atoms with van der Waals surface area (Å²) < 4.78 is 11.0. The van der Waals surface area contributed by atoms with Gasteiger partial charge in [0.1, 0.15) is 11.5 Å². The van der Waals surface area contributed by atoms with Crippen LogP contribution in [-0.4, -0.2) is 24.7 Å². The molecule has 0 radical (unpaired) electrons. The topological polar surface area (TPSA) is 77.0 Å². The summed E-state index contributed by atoms with van der Waals surface area (Å²) in [5.41, 5.74) is 5.50. The zero-order valence-corrected chi connectivity index (χ0v) is 17.8. The molecule has 0 fully saturated rings. The molecule has 1 N–H and O–H groups in total. The van der Waals surface area contributed by atoms with Gasteiger partial charge in [0.2, 0.25) is 0 Å². The lowest BCUT2D eigenvalue weighted by atomic mass is 10.1. The molecule has 3 rings (SSSR count). The number of amides is 1. The van der Waals surface area contributed by atoms with Gasteiger partial charge in [-0.1, -0.05) is 42.5 Å². The molecule has 0 spiro atoms. The fourth-order valence-corrected chi connectivity index (χ4v) is 2.91. The molecule has 32 heavy (non-hydrogen) atoms. The van der Waals surface area contributed by atoms with Crippen molar-refractivity contribution in [1.82, 2.24) is 5.43 Å². The Labute approximate surface area is 187 Å². The molecule has 162 valence electrons. The van der Waals surface area contributed by atoms with E-state index in [1.54, 1.807) is 42.5 Å². The summed E-state index contributed by atoms with van der Waals surface area (Å²) >= 11 is 0. The van der Waals surface area contributed by atoms with Gasteiger partial charge in [-0.15, -0.1) is 6.58 Å². The normalized spacial score (nSPS) is 10.5. The van der Waals surface area contributed by atoms with Crippen molar-refractivity contribution in [3.8, 4) is 11.5 Å². The van der Waals surface area contributed by atoms with Gasteiger partial charge in [-0.2, -0.15) is 5.10 Å². The number of nitrogens with one attached hydrogen (secondary N) is 1. The van der Waals surface area contributed by atoms with Gasteiger partial charge in [0, 0.05) is 0 Å². The maximum Gasteiger partial charge on any atom is 0.343 e. The molecule has 0 saturated heterocycles. The second-order valence-electron chi connectivity index (χ2n) is 6.96. The molecule has 0 aliphatic rings. The molecule has 0 bridgehead atoms. The van der Waals surface area contributed by atoms with Crippen LogP contribution < -0.4 is 14.9 Å². The number of nitrogens with zero attached hydrogens (tertiary/aromatic N) is 1.